The molecule has 0 aromatic carbocycles. The van der Waals surface area contributed by atoms with Crippen LogP contribution in [0.4, 0.5) is 19.0 Å². The Balaban J connectivity index is 2.07. The zero-order valence-corrected chi connectivity index (χ0v) is 11.4. The molecule has 6 heteroatoms. The van der Waals surface area contributed by atoms with E-state index in [4.69, 9.17) is 11.6 Å². The summed E-state index contributed by atoms with van der Waals surface area (Å²) in [6.45, 7) is 2.65. The summed E-state index contributed by atoms with van der Waals surface area (Å²) in [5.41, 5.74) is 1.79. The molecular formula is C13H16ClF3N2. The summed E-state index contributed by atoms with van der Waals surface area (Å²) in [5.74, 6) is -0.0626. The van der Waals surface area contributed by atoms with Crippen LogP contribution in [0.5, 0.6) is 0 Å². The van der Waals surface area contributed by atoms with Gasteiger partial charge in [0.1, 0.15) is 5.82 Å². The van der Waals surface area contributed by atoms with E-state index in [1.807, 2.05) is 24.0 Å². The Morgan fingerprint density at radius 1 is 1.32 bits per heavy atom. The molecule has 0 spiro atoms. The van der Waals surface area contributed by atoms with Crippen molar-refractivity contribution < 1.29 is 13.2 Å². The third-order valence-corrected chi connectivity index (χ3v) is 3.74. The predicted octanol–water partition coefficient (Wildman–Crippen LogP) is 3.91. The van der Waals surface area contributed by atoms with E-state index in [0.717, 1.165) is 17.1 Å². The molecule has 0 aliphatic carbocycles. The Morgan fingerprint density at radius 3 is 2.47 bits per heavy atom. The first-order valence-electron chi connectivity index (χ1n) is 6.25. The molecule has 2 nitrogen and oxygen atoms in total. The van der Waals surface area contributed by atoms with E-state index >= 15 is 0 Å². The molecule has 1 aromatic rings. The molecule has 1 aliphatic rings. The lowest BCUT2D eigenvalue weighted by Crippen LogP contribution is -2.39. The molecule has 2 rings (SSSR count). The van der Waals surface area contributed by atoms with Crippen LogP contribution in [-0.2, 0) is 5.88 Å². The molecule has 106 valence electrons. The van der Waals surface area contributed by atoms with E-state index in [0.29, 0.717) is 19.0 Å². The SMILES string of the molecule is Cc1cc(CCl)cc(N2CCC(C(F)(F)F)CC2)n1. The van der Waals surface area contributed by atoms with Gasteiger partial charge in [-0.25, -0.2) is 4.98 Å². The van der Waals surface area contributed by atoms with Gasteiger partial charge in [0.05, 0.1) is 5.92 Å². The first-order valence-corrected chi connectivity index (χ1v) is 6.79. The molecule has 1 aromatic heterocycles. The maximum absolute atomic E-state index is 12.6. The van der Waals surface area contributed by atoms with Crippen molar-refractivity contribution in [1.82, 2.24) is 4.98 Å². The number of aromatic nitrogens is 1. The van der Waals surface area contributed by atoms with Crippen molar-refractivity contribution in [2.45, 2.75) is 31.8 Å². The quantitative estimate of drug-likeness (QED) is 0.768. The first-order chi connectivity index (χ1) is 8.90. The van der Waals surface area contributed by atoms with E-state index < -0.39 is 12.1 Å². The van der Waals surface area contributed by atoms with E-state index in [9.17, 15) is 13.2 Å². The number of piperidine rings is 1. The average molecular weight is 293 g/mol. The Bertz CT molecular complexity index is 440. The molecule has 1 fully saturated rings. The average Bonchev–Trinajstić information content (AvgIpc) is 2.37. The topological polar surface area (TPSA) is 16.1 Å². The minimum absolute atomic E-state index is 0.134. The van der Waals surface area contributed by atoms with Gasteiger partial charge >= 0.3 is 6.18 Å². The third kappa shape index (κ3) is 3.53. The van der Waals surface area contributed by atoms with Gasteiger partial charge in [-0.1, -0.05) is 0 Å². The summed E-state index contributed by atoms with van der Waals surface area (Å²) < 4.78 is 37.8. The zero-order chi connectivity index (χ0) is 14.0. The van der Waals surface area contributed by atoms with Gasteiger partial charge in [0.15, 0.2) is 0 Å². The van der Waals surface area contributed by atoms with Gasteiger partial charge in [0.25, 0.3) is 0 Å². The van der Waals surface area contributed by atoms with Gasteiger partial charge in [-0.05, 0) is 37.5 Å². The lowest BCUT2D eigenvalue weighted by Gasteiger charge is -2.33. The van der Waals surface area contributed by atoms with E-state index in [1.54, 1.807) is 0 Å². The minimum Gasteiger partial charge on any atom is -0.357 e. The van der Waals surface area contributed by atoms with Crippen molar-refractivity contribution in [2.24, 2.45) is 5.92 Å². The molecule has 0 saturated carbocycles. The van der Waals surface area contributed by atoms with Gasteiger partial charge in [0, 0.05) is 24.7 Å². The molecular weight excluding hydrogens is 277 g/mol. The lowest BCUT2D eigenvalue weighted by molar-refractivity contribution is -0.179. The number of nitrogens with zero attached hydrogens (tertiary/aromatic N) is 2. The van der Waals surface area contributed by atoms with Crippen molar-refractivity contribution in [2.75, 3.05) is 18.0 Å². The second-order valence-electron chi connectivity index (χ2n) is 4.91. The van der Waals surface area contributed by atoms with Gasteiger partial charge < -0.3 is 4.90 Å². The van der Waals surface area contributed by atoms with Crippen LogP contribution in [0.15, 0.2) is 12.1 Å². The molecule has 0 unspecified atom stereocenters. The monoisotopic (exact) mass is 292 g/mol. The Labute approximate surface area is 115 Å². The van der Waals surface area contributed by atoms with E-state index in [1.165, 1.54) is 0 Å². The van der Waals surface area contributed by atoms with Crippen LogP contribution in [0.25, 0.3) is 0 Å². The largest absolute Gasteiger partial charge is 0.391 e. The number of aryl methyl sites for hydroxylation is 1. The molecule has 0 atom stereocenters. The van der Waals surface area contributed by atoms with Crippen LogP contribution in [0.2, 0.25) is 0 Å². The van der Waals surface area contributed by atoms with Crippen LogP contribution in [0.3, 0.4) is 0 Å². The second kappa shape index (κ2) is 5.57. The number of anilines is 1. The molecule has 2 heterocycles. The predicted molar refractivity (Wildman–Crippen MR) is 69.5 cm³/mol. The number of hydrogen-bond acceptors (Lipinski definition) is 2. The maximum Gasteiger partial charge on any atom is 0.391 e. The highest BCUT2D eigenvalue weighted by Gasteiger charge is 2.41. The summed E-state index contributed by atoms with van der Waals surface area (Å²) in [7, 11) is 0. The van der Waals surface area contributed by atoms with Gasteiger partial charge in [0.2, 0.25) is 0 Å². The summed E-state index contributed by atoms with van der Waals surface area (Å²) in [6, 6.07) is 3.74. The Kier molecular flexibility index (Phi) is 4.23. The van der Waals surface area contributed by atoms with Crippen LogP contribution in [0.1, 0.15) is 24.1 Å². The standard InChI is InChI=1S/C13H16ClF3N2/c1-9-6-10(8-14)7-12(18-9)19-4-2-11(3-5-19)13(15,16)17/h6-7,11H,2-5,8H2,1H3. The van der Waals surface area contributed by atoms with E-state index in [2.05, 4.69) is 4.98 Å². The second-order valence-corrected chi connectivity index (χ2v) is 5.18. The van der Waals surface area contributed by atoms with Crippen LogP contribution >= 0.6 is 11.6 Å². The molecule has 19 heavy (non-hydrogen) atoms. The van der Waals surface area contributed by atoms with Gasteiger partial charge in [-0.2, -0.15) is 13.2 Å². The van der Waals surface area contributed by atoms with Crippen LogP contribution < -0.4 is 4.90 Å². The van der Waals surface area contributed by atoms with Gasteiger partial charge in [-0.15, -0.1) is 11.6 Å². The number of rotatable bonds is 2. The van der Waals surface area contributed by atoms with Crippen molar-refractivity contribution in [3.63, 3.8) is 0 Å². The zero-order valence-electron chi connectivity index (χ0n) is 10.7. The first kappa shape index (κ1) is 14.4. The van der Waals surface area contributed by atoms with Crippen LogP contribution in [0, 0.1) is 12.8 Å². The van der Waals surface area contributed by atoms with Crippen molar-refractivity contribution in [3.8, 4) is 0 Å². The molecule has 0 N–H and O–H groups in total. The Morgan fingerprint density at radius 2 is 1.95 bits per heavy atom. The number of alkyl halides is 4. The lowest BCUT2D eigenvalue weighted by atomic mass is 9.96. The number of hydrogen-bond donors (Lipinski definition) is 0. The van der Waals surface area contributed by atoms with Crippen molar-refractivity contribution in [3.05, 3.63) is 23.4 Å². The normalized spacial score (nSPS) is 17.8. The van der Waals surface area contributed by atoms with E-state index in [-0.39, 0.29) is 12.8 Å². The van der Waals surface area contributed by atoms with Crippen molar-refractivity contribution in [1.29, 1.82) is 0 Å². The fraction of sp³-hybridized carbons (Fsp3) is 0.615. The van der Waals surface area contributed by atoms with Crippen LogP contribution in [-0.4, -0.2) is 24.2 Å². The smallest absolute Gasteiger partial charge is 0.357 e. The number of pyridine rings is 1. The van der Waals surface area contributed by atoms with Gasteiger partial charge in [-0.3, -0.25) is 0 Å². The summed E-state index contributed by atoms with van der Waals surface area (Å²) in [6.07, 6.45) is -3.81. The Hall–Kier alpha value is -0.970. The fourth-order valence-corrected chi connectivity index (χ4v) is 2.55. The highest BCUT2D eigenvalue weighted by Crippen LogP contribution is 2.35. The third-order valence-electron chi connectivity index (χ3n) is 3.44. The molecule has 1 saturated heterocycles. The summed E-state index contributed by atoms with van der Waals surface area (Å²) in [4.78, 5) is 6.29. The van der Waals surface area contributed by atoms with Crippen molar-refractivity contribution >= 4 is 17.4 Å². The molecule has 0 bridgehead atoms. The highest BCUT2D eigenvalue weighted by molar-refractivity contribution is 6.17. The summed E-state index contributed by atoms with van der Waals surface area (Å²) >= 11 is 5.80. The fourth-order valence-electron chi connectivity index (χ4n) is 2.40. The maximum atomic E-state index is 12.6. The number of halogens is 4. The molecule has 1 aliphatic heterocycles. The minimum atomic E-state index is -4.08. The summed E-state index contributed by atoms with van der Waals surface area (Å²) in [5, 5.41) is 0. The molecule has 0 amide bonds. The molecule has 0 radical (unpaired) electrons. The highest BCUT2D eigenvalue weighted by atomic mass is 35.5.